The molecule has 158 valence electrons. The fraction of sp³-hybridized carbons (Fsp3) is 0.318. The molecule has 4 amide bonds. The predicted molar refractivity (Wildman–Crippen MR) is 110 cm³/mol. The van der Waals surface area contributed by atoms with Gasteiger partial charge in [-0.3, -0.25) is 14.5 Å². The molecule has 1 aliphatic heterocycles. The van der Waals surface area contributed by atoms with Crippen molar-refractivity contribution in [2.24, 2.45) is 0 Å². The first kappa shape index (κ1) is 21.2. The molecule has 3 rings (SSSR count). The van der Waals surface area contributed by atoms with E-state index >= 15 is 0 Å². The third-order valence-electron chi connectivity index (χ3n) is 5.20. The molecule has 8 nitrogen and oxygen atoms in total. The minimum absolute atomic E-state index is 0.220. The van der Waals surface area contributed by atoms with Crippen LogP contribution in [0.4, 0.5) is 4.79 Å². The first-order chi connectivity index (χ1) is 14.3. The summed E-state index contributed by atoms with van der Waals surface area (Å²) in [7, 11) is 3.07. The Morgan fingerprint density at radius 2 is 1.80 bits per heavy atom. The molecule has 1 unspecified atom stereocenters. The maximum absolute atomic E-state index is 13.0. The van der Waals surface area contributed by atoms with E-state index in [1.54, 1.807) is 38.3 Å². The number of imide groups is 1. The monoisotopic (exact) mass is 411 g/mol. The van der Waals surface area contributed by atoms with Crippen LogP contribution in [0.15, 0.2) is 42.5 Å². The van der Waals surface area contributed by atoms with Crippen molar-refractivity contribution >= 4 is 17.8 Å². The molecule has 0 radical (unpaired) electrons. The van der Waals surface area contributed by atoms with Crippen LogP contribution in [0, 0.1) is 6.92 Å². The summed E-state index contributed by atoms with van der Waals surface area (Å²) in [6.07, 6.45) is 0. The van der Waals surface area contributed by atoms with E-state index in [0.29, 0.717) is 17.1 Å². The molecule has 2 N–H and O–H groups in total. The van der Waals surface area contributed by atoms with Crippen molar-refractivity contribution in [1.29, 1.82) is 0 Å². The number of carbonyl (C=O) groups is 3. The molecule has 0 aromatic heterocycles. The van der Waals surface area contributed by atoms with Gasteiger partial charge in [-0.15, -0.1) is 0 Å². The van der Waals surface area contributed by atoms with Crippen molar-refractivity contribution < 1.29 is 23.9 Å². The Labute approximate surface area is 175 Å². The fourth-order valence-electron chi connectivity index (χ4n) is 3.55. The van der Waals surface area contributed by atoms with E-state index in [-0.39, 0.29) is 13.1 Å². The van der Waals surface area contributed by atoms with E-state index in [2.05, 4.69) is 10.6 Å². The molecule has 8 heteroatoms. The van der Waals surface area contributed by atoms with Crippen molar-refractivity contribution in [3.8, 4) is 11.5 Å². The number of rotatable bonds is 7. The van der Waals surface area contributed by atoms with Gasteiger partial charge in [0.2, 0.25) is 5.91 Å². The van der Waals surface area contributed by atoms with Gasteiger partial charge in [-0.05, 0) is 42.7 Å². The van der Waals surface area contributed by atoms with Gasteiger partial charge in [0.25, 0.3) is 5.91 Å². The zero-order chi connectivity index (χ0) is 21.9. The van der Waals surface area contributed by atoms with Crippen molar-refractivity contribution in [3.63, 3.8) is 0 Å². The number of urea groups is 1. The highest BCUT2D eigenvalue weighted by molar-refractivity contribution is 6.09. The van der Waals surface area contributed by atoms with Gasteiger partial charge in [0, 0.05) is 6.54 Å². The molecule has 1 saturated heterocycles. The minimum atomic E-state index is -1.20. The summed E-state index contributed by atoms with van der Waals surface area (Å²) in [5.74, 6) is 0.236. The van der Waals surface area contributed by atoms with Crippen molar-refractivity contribution in [2.75, 3.05) is 20.8 Å². The van der Waals surface area contributed by atoms with E-state index in [9.17, 15) is 14.4 Å². The maximum Gasteiger partial charge on any atom is 0.325 e. The topological polar surface area (TPSA) is 97.0 Å². The quantitative estimate of drug-likeness (QED) is 0.680. The SMILES string of the molecule is COc1ccc(CNC(=O)CN2C(=O)NC(C)(c3ccccc3C)C2=O)cc1OC. The van der Waals surface area contributed by atoms with Crippen LogP contribution in [0.1, 0.15) is 23.6 Å². The van der Waals surface area contributed by atoms with Gasteiger partial charge < -0.3 is 20.1 Å². The van der Waals surface area contributed by atoms with Gasteiger partial charge in [-0.1, -0.05) is 30.3 Å². The summed E-state index contributed by atoms with van der Waals surface area (Å²) in [6.45, 7) is 3.38. The van der Waals surface area contributed by atoms with Crippen LogP contribution >= 0.6 is 0 Å². The van der Waals surface area contributed by atoms with Crippen molar-refractivity contribution in [1.82, 2.24) is 15.5 Å². The van der Waals surface area contributed by atoms with E-state index in [0.717, 1.165) is 16.0 Å². The Bertz CT molecular complexity index is 990. The Balaban J connectivity index is 1.66. The summed E-state index contributed by atoms with van der Waals surface area (Å²) in [6, 6.07) is 12.0. The van der Waals surface area contributed by atoms with Gasteiger partial charge in [0.05, 0.1) is 14.2 Å². The van der Waals surface area contributed by atoms with Crippen LogP contribution in [0.3, 0.4) is 0 Å². The number of hydrogen-bond donors (Lipinski definition) is 2. The maximum atomic E-state index is 13.0. The second-order valence-corrected chi connectivity index (χ2v) is 7.23. The first-order valence-corrected chi connectivity index (χ1v) is 9.48. The average Bonchev–Trinajstić information content (AvgIpc) is 2.96. The highest BCUT2D eigenvalue weighted by Crippen LogP contribution is 2.31. The number of methoxy groups -OCH3 is 2. The Morgan fingerprint density at radius 3 is 2.47 bits per heavy atom. The second-order valence-electron chi connectivity index (χ2n) is 7.23. The Kier molecular flexibility index (Phi) is 5.96. The average molecular weight is 411 g/mol. The lowest BCUT2D eigenvalue weighted by atomic mass is 9.88. The second kappa shape index (κ2) is 8.44. The van der Waals surface area contributed by atoms with Crippen molar-refractivity contribution in [2.45, 2.75) is 25.9 Å². The lowest BCUT2D eigenvalue weighted by molar-refractivity contribution is -0.134. The summed E-state index contributed by atoms with van der Waals surface area (Å²) in [5.41, 5.74) is 1.18. The van der Waals surface area contributed by atoms with Gasteiger partial charge in [-0.2, -0.15) is 0 Å². The third kappa shape index (κ3) is 3.94. The molecule has 1 fully saturated rings. The number of hydrogen-bond acceptors (Lipinski definition) is 5. The molecule has 30 heavy (non-hydrogen) atoms. The predicted octanol–water partition coefficient (Wildman–Crippen LogP) is 2.10. The number of amides is 4. The zero-order valence-electron chi connectivity index (χ0n) is 17.4. The van der Waals surface area contributed by atoms with E-state index in [1.807, 2.05) is 25.1 Å². The smallest absolute Gasteiger partial charge is 0.325 e. The van der Waals surface area contributed by atoms with Crippen LogP contribution in [0.25, 0.3) is 0 Å². The van der Waals surface area contributed by atoms with Gasteiger partial charge in [0.15, 0.2) is 11.5 Å². The standard InChI is InChI=1S/C22H25N3O5/c1-14-7-5-6-8-16(14)22(2)20(27)25(21(28)24-22)13-19(26)23-12-15-9-10-17(29-3)18(11-15)30-4/h5-11H,12-13H2,1-4H3,(H,23,26)(H,24,28). The lowest BCUT2D eigenvalue weighted by Crippen LogP contribution is -2.43. The summed E-state index contributed by atoms with van der Waals surface area (Å²) in [5, 5.41) is 5.45. The van der Waals surface area contributed by atoms with Crippen LogP contribution in [-0.2, 0) is 21.7 Å². The van der Waals surface area contributed by atoms with E-state index in [1.165, 1.54) is 7.11 Å². The molecular weight excluding hydrogens is 386 g/mol. The number of carbonyl (C=O) groups excluding carboxylic acids is 3. The number of benzene rings is 2. The molecule has 0 bridgehead atoms. The molecule has 2 aromatic rings. The molecule has 1 aliphatic rings. The highest BCUT2D eigenvalue weighted by atomic mass is 16.5. The zero-order valence-corrected chi connectivity index (χ0v) is 17.4. The number of nitrogens with zero attached hydrogens (tertiary/aromatic N) is 1. The molecule has 0 spiro atoms. The highest BCUT2D eigenvalue weighted by Gasteiger charge is 2.49. The third-order valence-corrected chi connectivity index (χ3v) is 5.20. The number of aryl methyl sites for hydroxylation is 1. The molecule has 2 aromatic carbocycles. The lowest BCUT2D eigenvalue weighted by Gasteiger charge is -2.24. The Morgan fingerprint density at radius 1 is 1.10 bits per heavy atom. The van der Waals surface area contributed by atoms with Crippen molar-refractivity contribution in [3.05, 3.63) is 59.2 Å². The van der Waals surface area contributed by atoms with Crippen LogP contribution in [-0.4, -0.2) is 43.5 Å². The molecular formula is C22H25N3O5. The Hall–Kier alpha value is -3.55. The normalized spacial score (nSPS) is 18.2. The molecule has 0 aliphatic carbocycles. The fourth-order valence-corrected chi connectivity index (χ4v) is 3.55. The van der Waals surface area contributed by atoms with Gasteiger partial charge >= 0.3 is 6.03 Å². The number of ether oxygens (including phenoxy) is 2. The van der Waals surface area contributed by atoms with E-state index in [4.69, 9.17) is 9.47 Å². The largest absolute Gasteiger partial charge is 0.493 e. The van der Waals surface area contributed by atoms with E-state index < -0.39 is 23.4 Å². The van der Waals surface area contributed by atoms with Crippen LogP contribution in [0.2, 0.25) is 0 Å². The minimum Gasteiger partial charge on any atom is -0.493 e. The van der Waals surface area contributed by atoms with Crippen LogP contribution in [0.5, 0.6) is 11.5 Å². The summed E-state index contributed by atoms with van der Waals surface area (Å²) >= 11 is 0. The summed E-state index contributed by atoms with van der Waals surface area (Å²) in [4.78, 5) is 38.8. The molecule has 1 heterocycles. The number of nitrogens with one attached hydrogen (secondary N) is 2. The molecule has 0 saturated carbocycles. The van der Waals surface area contributed by atoms with Crippen LogP contribution < -0.4 is 20.1 Å². The molecule has 1 atom stereocenters. The summed E-state index contributed by atoms with van der Waals surface area (Å²) < 4.78 is 10.4. The first-order valence-electron chi connectivity index (χ1n) is 9.48. The van der Waals surface area contributed by atoms with Gasteiger partial charge in [0.1, 0.15) is 12.1 Å². The van der Waals surface area contributed by atoms with Gasteiger partial charge in [-0.25, -0.2) is 4.79 Å².